The SMILES string of the molecule is Cn1cc([C@@H]2CN(CC(=O)NCc3ccccc3)C[C@H]2CO)cn1. The molecule has 6 nitrogen and oxygen atoms in total. The predicted octanol–water partition coefficient (Wildman–Crippen LogP) is 0.744. The molecule has 0 aliphatic carbocycles. The zero-order valence-corrected chi connectivity index (χ0v) is 13.9. The number of aromatic nitrogens is 2. The molecule has 1 aliphatic rings. The molecular weight excluding hydrogens is 304 g/mol. The average Bonchev–Trinajstić information content (AvgIpc) is 3.19. The number of amides is 1. The molecule has 2 aromatic rings. The standard InChI is InChI=1S/C18H24N4O2/c1-21-9-15(8-20-21)17-11-22(10-16(17)13-23)12-18(24)19-7-14-5-3-2-4-6-14/h2-6,8-9,16-17,23H,7,10-13H2,1H3,(H,19,24)/t16-,17-/m0/s1. The summed E-state index contributed by atoms with van der Waals surface area (Å²) in [5.41, 5.74) is 2.22. The van der Waals surface area contributed by atoms with E-state index in [0.29, 0.717) is 13.1 Å². The first-order valence-corrected chi connectivity index (χ1v) is 8.28. The Bertz CT molecular complexity index is 671. The molecule has 6 heteroatoms. The maximum absolute atomic E-state index is 12.2. The summed E-state index contributed by atoms with van der Waals surface area (Å²) in [7, 11) is 1.89. The van der Waals surface area contributed by atoms with Crippen LogP contribution in [0.2, 0.25) is 0 Å². The number of aryl methyl sites for hydroxylation is 1. The zero-order valence-electron chi connectivity index (χ0n) is 13.9. The number of aliphatic hydroxyl groups is 1. The van der Waals surface area contributed by atoms with Crippen molar-refractivity contribution in [2.45, 2.75) is 12.5 Å². The van der Waals surface area contributed by atoms with Gasteiger partial charge in [-0.05, 0) is 11.1 Å². The van der Waals surface area contributed by atoms with Gasteiger partial charge in [0.15, 0.2) is 0 Å². The minimum absolute atomic E-state index is 0.0161. The van der Waals surface area contributed by atoms with E-state index in [9.17, 15) is 9.90 Å². The highest BCUT2D eigenvalue weighted by atomic mass is 16.3. The first-order valence-electron chi connectivity index (χ1n) is 8.28. The van der Waals surface area contributed by atoms with E-state index in [2.05, 4.69) is 15.3 Å². The van der Waals surface area contributed by atoms with Gasteiger partial charge in [0.2, 0.25) is 5.91 Å². The summed E-state index contributed by atoms with van der Waals surface area (Å²) in [6, 6.07) is 9.88. The third-order valence-corrected chi connectivity index (χ3v) is 4.60. The molecule has 0 saturated carbocycles. The summed E-state index contributed by atoms with van der Waals surface area (Å²) in [5, 5.41) is 16.8. The van der Waals surface area contributed by atoms with Gasteiger partial charge in [-0.1, -0.05) is 30.3 Å². The Morgan fingerprint density at radius 1 is 1.33 bits per heavy atom. The molecule has 0 spiro atoms. The second-order valence-corrected chi connectivity index (χ2v) is 6.45. The van der Waals surface area contributed by atoms with Crippen molar-refractivity contribution >= 4 is 5.91 Å². The molecule has 1 aromatic carbocycles. The molecule has 2 N–H and O–H groups in total. The first-order chi connectivity index (χ1) is 11.7. The normalized spacial score (nSPS) is 21.1. The van der Waals surface area contributed by atoms with Gasteiger partial charge in [0.05, 0.1) is 12.7 Å². The molecule has 1 aliphatic heterocycles. The zero-order chi connectivity index (χ0) is 16.9. The van der Waals surface area contributed by atoms with Crippen LogP contribution in [0, 0.1) is 5.92 Å². The average molecular weight is 328 g/mol. The number of hydrogen-bond donors (Lipinski definition) is 2. The lowest BCUT2D eigenvalue weighted by molar-refractivity contribution is -0.122. The van der Waals surface area contributed by atoms with Gasteiger partial charge in [-0.2, -0.15) is 5.10 Å². The molecule has 2 heterocycles. The largest absolute Gasteiger partial charge is 0.396 e. The van der Waals surface area contributed by atoms with Crippen LogP contribution in [0.15, 0.2) is 42.7 Å². The van der Waals surface area contributed by atoms with Gasteiger partial charge in [-0.3, -0.25) is 14.4 Å². The maximum atomic E-state index is 12.2. The highest BCUT2D eigenvalue weighted by Crippen LogP contribution is 2.31. The van der Waals surface area contributed by atoms with Crippen LogP contribution in [0.3, 0.4) is 0 Å². The Morgan fingerprint density at radius 2 is 2.12 bits per heavy atom. The second kappa shape index (κ2) is 7.59. The summed E-state index contributed by atoms with van der Waals surface area (Å²) in [4.78, 5) is 14.3. The van der Waals surface area contributed by atoms with E-state index in [0.717, 1.165) is 24.2 Å². The molecule has 0 radical (unpaired) electrons. The van der Waals surface area contributed by atoms with Crippen molar-refractivity contribution in [3.63, 3.8) is 0 Å². The Balaban J connectivity index is 1.53. The lowest BCUT2D eigenvalue weighted by Gasteiger charge is -2.15. The van der Waals surface area contributed by atoms with Gasteiger partial charge >= 0.3 is 0 Å². The van der Waals surface area contributed by atoms with E-state index >= 15 is 0 Å². The number of benzene rings is 1. The van der Waals surface area contributed by atoms with Gasteiger partial charge in [0.25, 0.3) is 0 Å². The van der Waals surface area contributed by atoms with Crippen molar-refractivity contribution in [2.75, 3.05) is 26.2 Å². The molecule has 24 heavy (non-hydrogen) atoms. The molecule has 0 bridgehead atoms. The van der Waals surface area contributed by atoms with Crippen LogP contribution < -0.4 is 5.32 Å². The van der Waals surface area contributed by atoms with E-state index in [1.54, 1.807) is 4.68 Å². The Labute approximate surface area is 142 Å². The highest BCUT2D eigenvalue weighted by molar-refractivity contribution is 5.78. The topological polar surface area (TPSA) is 70.4 Å². The van der Waals surface area contributed by atoms with E-state index in [-0.39, 0.29) is 24.3 Å². The summed E-state index contributed by atoms with van der Waals surface area (Å²) >= 11 is 0. The molecule has 128 valence electrons. The van der Waals surface area contributed by atoms with Gasteiger partial charge in [-0.15, -0.1) is 0 Å². The molecule has 1 fully saturated rings. The molecule has 2 atom stereocenters. The lowest BCUT2D eigenvalue weighted by Crippen LogP contribution is -2.36. The number of nitrogens with zero attached hydrogens (tertiary/aromatic N) is 3. The van der Waals surface area contributed by atoms with E-state index in [1.165, 1.54) is 0 Å². The number of rotatable bonds is 6. The fraction of sp³-hybridized carbons (Fsp3) is 0.444. The number of likely N-dealkylation sites (tertiary alicyclic amines) is 1. The van der Waals surface area contributed by atoms with Crippen LogP contribution in [-0.2, 0) is 18.4 Å². The van der Waals surface area contributed by atoms with Gasteiger partial charge in [-0.25, -0.2) is 0 Å². The number of nitrogens with one attached hydrogen (secondary N) is 1. The molecular formula is C18H24N4O2. The maximum Gasteiger partial charge on any atom is 0.234 e. The van der Waals surface area contributed by atoms with E-state index in [4.69, 9.17) is 0 Å². The summed E-state index contributed by atoms with van der Waals surface area (Å²) in [6.45, 7) is 2.54. The smallest absolute Gasteiger partial charge is 0.234 e. The minimum Gasteiger partial charge on any atom is -0.396 e. The number of carbonyl (C=O) groups is 1. The second-order valence-electron chi connectivity index (χ2n) is 6.45. The van der Waals surface area contributed by atoms with Crippen LogP contribution in [0.1, 0.15) is 17.0 Å². The third kappa shape index (κ3) is 4.01. The predicted molar refractivity (Wildman–Crippen MR) is 91.3 cm³/mol. The summed E-state index contributed by atoms with van der Waals surface area (Å²) in [6.07, 6.45) is 3.85. The summed E-state index contributed by atoms with van der Waals surface area (Å²) in [5.74, 6) is 0.393. The third-order valence-electron chi connectivity index (χ3n) is 4.60. The fourth-order valence-corrected chi connectivity index (χ4v) is 3.34. The molecule has 1 saturated heterocycles. The molecule has 1 aromatic heterocycles. The van der Waals surface area contributed by atoms with Gasteiger partial charge in [0.1, 0.15) is 0 Å². The molecule has 3 rings (SSSR count). The number of carbonyl (C=O) groups excluding carboxylic acids is 1. The fourth-order valence-electron chi connectivity index (χ4n) is 3.34. The Morgan fingerprint density at radius 3 is 2.79 bits per heavy atom. The number of hydrogen-bond acceptors (Lipinski definition) is 4. The van der Waals surface area contributed by atoms with Crippen molar-refractivity contribution in [2.24, 2.45) is 13.0 Å². The van der Waals surface area contributed by atoms with Crippen molar-refractivity contribution in [1.29, 1.82) is 0 Å². The Kier molecular flexibility index (Phi) is 5.27. The minimum atomic E-state index is 0.0161. The lowest BCUT2D eigenvalue weighted by atomic mass is 9.92. The van der Waals surface area contributed by atoms with Gasteiger partial charge in [0, 0.05) is 51.3 Å². The van der Waals surface area contributed by atoms with Crippen LogP contribution >= 0.6 is 0 Å². The first kappa shape index (κ1) is 16.7. The van der Waals surface area contributed by atoms with Gasteiger partial charge < -0.3 is 10.4 Å². The van der Waals surface area contributed by atoms with Crippen LogP contribution in [-0.4, -0.2) is 51.9 Å². The van der Waals surface area contributed by atoms with Crippen LogP contribution in [0.4, 0.5) is 0 Å². The summed E-state index contributed by atoms with van der Waals surface area (Å²) < 4.78 is 1.78. The van der Waals surface area contributed by atoms with Crippen LogP contribution in [0.5, 0.6) is 0 Å². The van der Waals surface area contributed by atoms with E-state index < -0.39 is 0 Å². The molecule has 0 unspecified atom stereocenters. The van der Waals surface area contributed by atoms with Crippen molar-refractivity contribution < 1.29 is 9.90 Å². The number of aliphatic hydroxyl groups excluding tert-OH is 1. The quantitative estimate of drug-likeness (QED) is 0.821. The van der Waals surface area contributed by atoms with Crippen LogP contribution in [0.25, 0.3) is 0 Å². The highest BCUT2D eigenvalue weighted by Gasteiger charge is 2.34. The Hall–Kier alpha value is -2.18. The van der Waals surface area contributed by atoms with Crippen molar-refractivity contribution in [3.8, 4) is 0 Å². The monoisotopic (exact) mass is 328 g/mol. The van der Waals surface area contributed by atoms with Crippen molar-refractivity contribution in [3.05, 3.63) is 53.9 Å². The van der Waals surface area contributed by atoms with Crippen molar-refractivity contribution in [1.82, 2.24) is 20.0 Å². The van der Waals surface area contributed by atoms with E-state index in [1.807, 2.05) is 49.8 Å². The molecule has 1 amide bonds.